The smallest absolute Gasteiger partial charge is 0.267 e. The molecule has 1 amide bonds. The molecule has 0 aliphatic carbocycles. The van der Waals surface area contributed by atoms with Crippen LogP contribution in [0.15, 0.2) is 36.5 Å². The lowest BCUT2D eigenvalue weighted by atomic mass is 10.0. The van der Waals surface area contributed by atoms with Gasteiger partial charge in [-0.05, 0) is 38.5 Å². The van der Waals surface area contributed by atoms with Crippen molar-refractivity contribution in [3.8, 4) is 0 Å². The van der Waals surface area contributed by atoms with Gasteiger partial charge in [-0.15, -0.1) is 0 Å². The molecule has 0 heterocycles. The third-order valence-electron chi connectivity index (χ3n) is 5.89. The van der Waals surface area contributed by atoms with E-state index < -0.39 is 40.0 Å². The highest BCUT2D eigenvalue weighted by molar-refractivity contribution is 7.85. The fraction of sp³-hybridized carbons (Fsp3) is 0.750. The van der Waals surface area contributed by atoms with E-state index >= 15 is 0 Å². The topological polar surface area (TPSA) is 124 Å². The second-order valence-corrected chi connectivity index (χ2v) is 10.9. The van der Waals surface area contributed by atoms with Gasteiger partial charge in [0.05, 0.1) is 17.9 Å². The van der Waals surface area contributed by atoms with Crippen LogP contribution in [-0.4, -0.2) is 53.1 Å². The van der Waals surface area contributed by atoms with Crippen LogP contribution in [0.1, 0.15) is 110 Å². The molecule has 0 aliphatic heterocycles. The lowest BCUT2D eigenvalue weighted by molar-refractivity contribution is -0.130. The van der Waals surface area contributed by atoms with Crippen LogP contribution in [0.5, 0.6) is 0 Å². The first-order valence-electron chi connectivity index (χ1n) is 13.8. The molecule has 0 saturated carbocycles. The van der Waals surface area contributed by atoms with Gasteiger partial charge in [-0.25, -0.2) is 0 Å². The molecule has 3 atom stereocenters. The third-order valence-corrected chi connectivity index (χ3v) is 6.67. The maximum absolute atomic E-state index is 12.4. The second-order valence-electron chi connectivity index (χ2n) is 9.45. The first-order chi connectivity index (χ1) is 17.2. The Morgan fingerprint density at radius 3 is 1.78 bits per heavy atom. The summed E-state index contributed by atoms with van der Waals surface area (Å²) in [5, 5.41) is 22.9. The zero-order valence-electron chi connectivity index (χ0n) is 22.5. The number of aliphatic hydroxyl groups excluding tert-OH is 2. The number of amides is 1. The summed E-state index contributed by atoms with van der Waals surface area (Å²) >= 11 is 0. The van der Waals surface area contributed by atoms with Crippen LogP contribution in [-0.2, 0) is 14.9 Å². The highest BCUT2D eigenvalue weighted by atomic mass is 32.2. The maximum atomic E-state index is 12.4. The molecule has 0 rings (SSSR count). The van der Waals surface area contributed by atoms with Gasteiger partial charge in [0.15, 0.2) is 0 Å². The van der Waals surface area contributed by atoms with Crippen LogP contribution in [0.4, 0.5) is 0 Å². The maximum Gasteiger partial charge on any atom is 0.267 e. The summed E-state index contributed by atoms with van der Waals surface area (Å²) in [4.78, 5) is 12.4. The number of aliphatic hydroxyl groups is 2. The van der Waals surface area contributed by atoms with Crippen LogP contribution >= 0.6 is 0 Å². The molecule has 0 aromatic carbocycles. The van der Waals surface area contributed by atoms with E-state index in [0.29, 0.717) is 12.8 Å². The van der Waals surface area contributed by atoms with Crippen molar-refractivity contribution >= 4 is 16.0 Å². The molecule has 4 N–H and O–H groups in total. The van der Waals surface area contributed by atoms with Crippen LogP contribution in [0.2, 0.25) is 0 Å². The lowest BCUT2D eigenvalue weighted by Gasteiger charge is -2.22. The van der Waals surface area contributed by atoms with E-state index in [9.17, 15) is 28.0 Å². The number of carbonyl (C=O) groups is 1. The largest absolute Gasteiger partial charge is 0.387 e. The van der Waals surface area contributed by atoms with E-state index in [1.807, 2.05) is 0 Å². The summed E-state index contributed by atoms with van der Waals surface area (Å²) in [6.45, 7) is 4.33. The molecule has 8 heteroatoms. The van der Waals surface area contributed by atoms with Crippen molar-refractivity contribution in [2.45, 2.75) is 128 Å². The van der Waals surface area contributed by atoms with Crippen molar-refractivity contribution in [3.63, 3.8) is 0 Å². The molecule has 0 fully saturated rings. The Morgan fingerprint density at radius 2 is 1.25 bits per heavy atom. The van der Waals surface area contributed by atoms with E-state index in [1.54, 1.807) is 6.08 Å². The molecule has 7 nitrogen and oxygen atoms in total. The van der Waals surface area contributed by atoms with Crippen LogP contribution in [0.25, 0.3) is 0 Å². The summed E-state index contributed by atoms with van der Waals surface area (Å²) in [7, 11) is -4.43. The Hall–Kier alpha value is -1.48. The molecule has 36 heavy (non-hydrogen) atoms. The molecule has 0 aromatic rings. The molecule has 210 valence electrons. The fourth-order valence-corrected chi connectivity index (χ4v) is 4.46. The minimum atomic E-state index is -4.43. The van der Waals surface area contributed by atoms with E-state index in [0.717, 1.165) is 51.4 Å². The van der Waals surface area contributed by atoms with Crippen molar-refractivity contribution in [2.24, 2.45) is 0 Å². The number of hydrogen-bond donors (Lipinski definition) is 4. The van der Waals surface area contributed by atoms with E-state index in [2.05, 4.69) is 43.5 Å². The monoisotopic (exact) mass is 529 g/mol. The predicted molar refractivity (Wildman–Crippen MR) is 148 cm³/mol. The molecule has 0 aromatic heterocycles. The second kappa shape index (κ2) is 22.7. The van der Waals surface area contributed by atoms with Crippen molar-refractivity contribution < 1.29 is 28.0 Å². The standard InChI is InChI=1S/C28H51NO6S/c1-3-5-7-9-11-13-14-15-17-18-20-22-26(30)25(24-36(33,34)35)29-28(32)27(31)23-21-19-16-12-10-8-6-4-2/h7,9,14-15,20,22,25-27,30-31H,3-6,8,10-13,16-19,21,23-24H2,1-2H3,(H,29,32)(H,33,34,35)/b9-7+,15-14+,22-20+. The average Bonchev–Trinajstić information content (AvgIpc) is 2.82. The first kappa shape index (κ1) is 34.5. The summed E-state index contributed by atoms with van der Waals surface area (Å²) in [6.07, 6.45) is 23.7. The van der Waals surface area contributed by atoms with Gasteiger partial charge in [-0.3, -0.25) is 9.35 Å². The third kappa shape index (κ3) is 21.8. The zero-order valence-corrected chi connectivity index (χ0v) is 23.3. The SMILES string of the molecule is CCC/C=C/CC/C=C/CC/C=C/C(O)C(CS(=O)(=O)O)NC(=O)C(O)CCCCCCCCCC. The highest BCUT2D eigenvalue weighted by Crippen LogP contribution is 2.11. The van der Waals surface area contributed by atoms with Crippen molar-refractivity contribution in [1.29, 1.82) is 0 Å². The molecular weight excluding hydrogens is 478 g/mol. The molecule has 0 saturated heterocycles. The van der Waals surface area contributed by atoms with Crippen LogP contribution in [0.3, 0.4) is 0 Å². The molecule has 0 spiro atoms. The van der Waals surface area contributed by atoms with Crippen molar-refractivity contribution in [2.75, 3.05) is 5.75 Å². The number of carbonyl (C=O) groups excluding carboxylic acids is 1. The molecule has 0 bridgehead atoms. The van der Waals surface area contributed by atoms with Gasteiger partial charge in [-0.1, -0.05) is 108 Å². The number of allylic oxidation sites excluding steroid dienone is 5. The molecule has 0 aliphatic rings. The Bertz CT molecular complexity index is 732. The van der Waals surface area contributed by atoms with Gasteiger partial charge in [0.1, 0.15) is 6.10 Å². The Balaban J connectivity index is 4.45. The van der Waals surface area contributed by atoms with Gasteiger partial charge in [0.25, 0.3) is 10.1 Å². The van der Waals surface area contributed by atoms with Crippen LogP contribution in [0, 0.1) is 0 Å². The quantitative estimate of drug-likeness (QED) is 0.0771. The number of hydrogen-bond acceptors (Lipinski definition) is 5. The summed E-state index contributed by atoms with van der Waals surface area (Å²) in [5.41, 5.74) is 0. The van der Waals surface area contributed by atoms with Gasteiger partial charge in [-0.2, -0.15) is 8.42 Å². The van der Waals surface area contributed by atoms with E-state index in [1.165, 1.54) is 31.8 Å². The van der Waals surface area contributed by atoms with Gasteiger partial charge < -0.3 is 15.5 Å². The Labute approximate surface area is 219 Å². The van der Waals surface area contributed by atoms with E-state index in [4.69, 9.17) is 0 Å². The number of unbranched alkanes of at least 4 members (excludes halogenated alkanes) is 10. The minimum absolute atomic E-state index is 0.270. The van der Waals surface area contributed by atoms with E-state index in [-0.39, 0.29) is 6.42 Å². The fourth-order valence-electron chi connectivity index (χ4n) is 3.73. The van der Waals surface area contributed by atoms with Crippen LogP contribution < -0.4 is 5.32 Å². The normalized spacial score (nSPS) is 15.1. The zero-order chi connectivity index (χ0) is 27.1. The minimum Gasteiger partial charge on any atom is -0.387 e. The lowest BCUT2D eigenvalue weighted by Crippen LogP contribution is -2.50. The number of nitrogens with one attached hydrogen (secondary N) is 1. The Morgan fingerprint density at radius 1 is 0.750 bits per heavy atom. The van der Waals surface area contributed by atoms with Gasteiger partial charge in [0.2, 0.25) is 5.91 Å². The summed E-state index contributed by atoms with van der Waals surface area (Å²) < 4.78 is 32.0. The number of rotatable bonds is 23. The molecule has 0 radical (unpaired) electrons. The first-order valence-corrected chi connectivity index (χ1v) is 15.4. The summed E-state index contributed by atoms with van der Waals surface area (Å²) in [6, 6.07) is -1.25. The Kier molecular flexibility index (Phi) is 21.8. The average molecular weight is 530 g/mol. The van der Waals surface area contributed by atoms with Crippen molar-refractivity contribution in [1.82, 2.24) is 5.32 Å². The van der Waals surface area contributed by atoms with Gasteiger partial charge >= 0.3 is 0 Å². The summed E-state index contributed by atoms with van der Waals surface area (Å²) in [5.74, 6) is -1.57. The van der Waals surface area contributed by atoms with Crippen molar-refractivity contribution in [3.05, 3.63) is 36.5 Å². The molecule has 3 unspecified atom stereocenters. The van der Waals surface area contributed by atoms with Gasteiger partial charge in [0, 0.05) is 0 Å². The molecular formula is C28H51NO6S. The predicted octanol–water partition coefficient (Wildman–Crippen LogP) is 5.64. The highest BCUT2D eigenvalue weighted by Gasteiger charge is 2.27.